The number of hydrogen-bond donors (Lipinski definition) is 1. The number of nitrogens with zero attached hydrogens (tertiary/aromatic N) is 5. The molecular formula is C18H18N6O. The van der Waals surface area contributed by atoms with Crippen molar-refractivity contribution in [3.63, 3.8) is 0 Å². The molecule has 7 heteroatoms. The number of imidazole rings is 1. The van der Waals surface area contributed by atoms with Gasteiger partial charge in [0.15, 0.2) is 5.82 Å². The summed E-state index contributed by atoms with van der Waals surface area (Å²) in [6.07, 6.45) is 11.5. The second-order valence-electron chi connectivity index (χ2n) is 5.97. The van der Waals surface area contributed by atoms with Crippen LogP contribution in [0.25, 0.3) is 22.9 Å². The quantitative estimate of drug-likeness (QED) is 0.794. The van der Waals surface area contributed by atoms with E-state index in [0.29, 0.717) is 11.6 Å². The summed E-state index contributed by atoms with van der Waals surface area (Å²) >= 11 is 0. The third-order valence-corrected chi connectivity index (χ3v) is 4.31. The number of carbonyl (C=O) groups excluding carboxylic acids is 1. The van der Waals surface area contributed by atoms with Gasteiger partial charge in [0.25, 0.3) is 0 Å². The van der Waals surface area contributed by atoms with E-state index in [2.05, 4.69) is 25.3 Å². The Hall–Kier alpha value is -3.09. The van der Waals surface area contributed by atoms with E-state index >= 15 is 0 Å². The molecule has 1 fully saturated rings. The average Bonchev–Trinajstić information content (AvgIpc) is 3.05. The molecule has 0 unspecified atom stereocenters. The van der Waals surface area contributed by atoms with Gasteiger partial charge in [0.05, 0.1) is 5.56 Å². The van der Waals surface area contributed by atoms with E-state index in [4.69, 9.17) is 0 Å². The van der Waals surface area contributed by atoms with E-state index in [9.17, 15) is 4.79 Å². The van der Waals surface area contributed by atoms with E-state index in [-0.39, 0.29) is 11.9 Å². The fourth-order valence-corrected chi connectivity index (χ4v) is 3.05. The van der Waals surface area contributed by atoms with E-state index in [1.165, 1.54) is 0 Å². The molecule has 4 heterocycles. The van der Waals surface area contributed by atoms with E-state index < -0.39 is 0 Å². The molecule has 7 nitrogen and oxygen atoms in total. The smallest absolute Gasteiger partial charge is 0.243 e. The van der Waals surface area contributed by atoms with Crippen LogP contribution < -0.4 is 5.32 Å². The maximum absolute atomic E-state index is 12.3. The minimum Gasteiger partial charge on any atom is -0.354 e. The van der Waals surface area contributed by atoms with Gasteiger partial charge in [-0.1, -0.05) is 6.07 Å². The van der Waals surface area contributed by atoms with Crippen molar-refractivity contribution in [2.45, 2.75) is 25.3 Å². The van der Waals surface area contributed by atoms with Crippen molar-refractivity contribution in [1.29, 1.82) is 0 Å². The minimum atomic E-state index is -0.240. The minimum absolute atomic E-state index is 0.0442. The Labute approximate surface area is 145 Å². The van der Waals surface area contributed by atoms with Crippen LogP contribution in [0, 0.1) is 0 Å². The molecule has 1 saturated heterocycles. The van der Waals surface area contributed by atoms with Crippen LogP contribution in [0.3, 0.4) is 0 Å². The first kappa shape index (κ1) is 15.4. The van der Waals surface area contributed by atoms with Gasteiger partial charge in [-0.2, -0.15) is 0 Å². The standard InChI is InChI=1S/C18H18N6O/c25-18-15(6-2-4-8-21-18)24-10-9-20-17(24)13-11-22-16(23-12-13)14-5-1-3-7-19-14/h1,3,5,7,9-12,15H,2,4,6,8H2,(H,21,25)/t15-/m1/s1. The van der Waals surface area contributed by atoms with Gasteiger partial charge in [-0.05, 0) is 31.4 Å². The average molecular weight is 334 g/mol. The van der Waals surface area contributed by atoms with Gasteiger partial charge in [0, 0.05) is 37.5 Å². The molecule has 3 aromatic heterocycles. The molecule has 1 N–H and O–H groups in total. The molecule has 3 aromatic rings. The second kappa shape index (κ2) is 6.80. The molecule has 0 aliphatic carbocycles. The highest BCUT2D eigenvalue weighted by Gasteiger charge is 2.24. The van der Waals surface area contributed by atoms with Crippen LogP contribution in [0.5, 0.6) is 0 Å². The van der Waals surface area contributed by atoms with Gasteiger partial charge < -0.3 is 9.88 Å². The van der Waals surface area contributed by atoms with Crippen LogP contribution >= 0.6 is 0 Å². The van der Waals surface area contributed by atoms with E-state index in [1.54, 1.807) is 24.8 Å². The van der Waals surface area contributed by atoms with Crippen molar-refractivity contribution < 1.29 is 4.79 Å². The van der Waals surface area contributed by atoms with Crippen LogP contribution in [0.15, 0.2) is 49.2 Å². The highest BCUT2D eigenvalue weighted by Crippen LogP contribution is 2.25. The van der Waals surface area contributed by atoms with Gasteiger partial charge in [-0.3, -0.25) is 9.78 Å². The topological polar surface area (TPSA) is 85.6 Å². The number of amides is 1. The first-order valence-electron chi connectivity index (χ1n) is 8.37. The maximum atomic E-state index is 12.3. The number of aromatic nitrogens is 5. The number of rotatable bonds is 3. The molecule has 4 rings (SSSR count). The summed E-state index contributed by atoms with van der Waals surface area (Å²) in [6, 6.07) is 5.38. The summed E-state index contributed by atoms with van der Waals surface area (Å²) in [5, 5.41) is 2.97. The molecule has 0 radical (unpaired) electrons. The van der Waals surface area contributed by atoms with Crippen molar-refractivity contribution >= 4 is 5.91 Å². The molecule has 1 amide bonds. The molecular weight excluding hydrogens is 316 g/mol. The van der Waals surface area contributed by atoms with Gasteiger partial charge in [0.2, 0.25) is 5.91 Å². The SMILES string of the molecule is O=C1NCCCC[C@H]1n1ccnc1-c1cnc(-c2ccccn2)nc1. The summed E-state index contributed by atoms with van der Waals surface area (Å²) in [4.78, 5) is 29.8. The fourth-order valence-electron chi connectivity index (χ4n) is 3.05. The lowest BCUT2D eigenvalue weighted by Gasteiger charge is -2.17. The number of hydrogen-bond acceptors (Lipinski definition) is 5. The summed E-state index contributed by atoms with van der Waals surface area (Å²) in [7, 11) is 0. The lowest BCUT2D eigenvalue weighted by atomic mass is 10.1. The van der Waals surface area contributed by atoms with Crippen molar-refractivity contribution in [3.05, 3.63) is 49.2 Å². The Morgan fingerprint density at radius 1 is 1.04 bits per heavy atom. The van der Waals surface area contributed by atoms with Crippen LogP contribution in [-0.4, -0.2) is 37.0 Å². The molecule has 1 atom stereocenters. The van der Waals surface area contributed by atoms with E-state index in [1.807, 2.05) is 29.0 Å². The third-order valence-electron chi connectivity index (χ3n) is 4.31. The van der Waals surface area contributed by atoms with Gasteiger partial charge in [0.1, 0.15) is 17.6 Å². The van der Waals surface area contributed by atoms with Crippen LogP contribution in [-0.2, 0) is 4.79 Å². The zero-order valence-corrected chi connectivity index (χ0v) is 13.7. The maximum Gasteiger partial charge on any atom is 0.243 e. The molecule has 1 aliphatic rings. The summed E-state index contributed by atoms with van der Waals surface area (Å²) in [5.41, 5.74) is 1.50. The Kier molecular flexibility index (Phi) is 4.20. The largest absolute Gasteiger partial charge is 0.354 e. The summed E-state index contributed by atoms with van der Waals surface area (Å²) in [5.74, 6) is 1.31. The van der Waals surface area contributed by atoms with Crippen LogP contribution in [0.4, 0.5) is 0 Å². The fraction of sp³-hybridized carbons (Fsp3) is 0.278. The second-order valence-corrected chi connectivity index (χ2v) is 5.97. The molecule has 0 bridgehead atoms. The lowest BCUT2D eigenvalue weighted by molar-refractivity contribution is -0.124. The Bertz CT molecular complexity index is 859. The molecule has 1 aliphatic heterocycles. The summed E-state index contributed by atoms with van der Waals surface area (Å²) < 4.78 is 1.92. The monoisotopic (exact) mass is 334 g/mol. The Morgan fingerprint density at radius 3 is 2.72 bits per heavy atom. The third kappa shape index (κ3) is 3.13. The first-order valence-corrected chi connectivity index (χ1v) is 8.37. The van der Waals surface area contributed by atoms with Gasteiger partial charge >= 0.3 is 0 Å². The zero-order valence-electron chi connectivity index (χ0n) is 13.7. The molecule has 126 valence electrons. The van der Waals surface area contributed by atoms with Crippen LogP contribution in [0.1, 0.15) is 25.3 Å². The van der Waals surface area contributed by atoms with Gasteiger partial charge in [-0.15, -0.1) is 0 Å². The molecule has 0 saturated carbocycles. The van der Waals surface area contributed by atoms with Crippen molar-refractivity contribution in [3.8, 4) is 22.9 Å². The number of nitrogens with one attached hydrogen (secondary N) is 1. The summed E-state index contributed by atoms with van der Waals surface area (Å²) in [6.45, 7) is 0.737. The molecule has 0 spiro atoms. The Morgan fingerprint density at radius 2 is 1.92 bits per heavy atom. The predicted molar refractivity (Wildman–Crippen MR) is 92.4 cm³/mol. The van der Waals surface area contributed by atoms with Gasteiger partial charge in [-0.25, -0.2) is 15.0 Å². The number of pyridine rings is 1. The normalized spacial score (nSPS) is 17.8. The highest BCUT2D eigenvalue weighted by atomic mass is 16.2. The van der Waals surface area contributed by atoms with E-state index in [0.717, 1.165) is 37.1 Å². The highest BCUT2D eigenvalue weighted by molar-refractivity contribution is 5.81. The predicted octanol–water partition coefficient (Wildman–Crippen LogP) is 2.24. The molecule has 0 aromatic carbocycles. The number of carbonyl (C=O) groups is 1. The van der Waals surface area contributed by atoms with Crippen molar-refractivity contribution in [2.75, 3.05) is 6.54 Å². The van der Waals surface area contributed by atoms with Crippen molar-refractivity contribution in [2.24, 2.45) is 0 Å². The van der Waals surface area contributed by atoms with Crippen molar-refractivity contribution in [1.82, 2.24) is 29.8 Å². The first-order chi connectivity index (χ1) is 12.3. The van der Waals surface area contributed by atoms with Crippen LogP contribution in [0.2, 0.25) is 0 Å². The molecule has 25 heavy (non-hydrogen) atoms. The lowest BCUT2D eigenvalue weighted by Crippen LogP contribution is -2.30. The zero-order chi connectivity index (χ0) is 17.1. The Balaban J connectivity index is 1.65.